The zero-order valence-corrected chi connectivity index (χ0v) is 16.3. The third kappa shape index (κ3) is 4.71. The Bertz CT molecular complexity index is 835. The monoisotopic (exact) mass is 389 g/mol. The molecule has 3 rings (SSSR count). The molecule has 5 nitrogen and oxygen atoms in total. The first kappa shape index (κ1) is 18.6. The summed E-state index contributed by atoms with van der Waals surface area (Å²) in [5.41, 5.74) is 0.999. The van der Waals surface area contributed by atoms with Crippen LogP contribution in [0, 0.1) is 0 Å². The van der Waals surface area contributed by atoms with Crippen LogP contribution in [-0.2, 0) is 7.05 Å². The average molecular weight is 390 g/mol. The fourth-order valence-electron chi connectivity index (χ4n) is 2.38. The minimum atomic E-state index is 0.654. The topological polar surface area (TPSA) is 49.2 Å². The highest BCUT2D eigenvalue weighted by Gasteiger charge is 2.11. The summed E-state index contributed by atoms with van der Waals surface area (Å²) in [4.78, 5) is 0. The smallest absolute Gasteiger partial charge is 0.191 e. The Kier molecular flexibility index (Phi) is 6.41. The van der Waals surface area contributed by atoms with E-state index in [1.165, 1.54) is 0 Å². The second-order valence-corrected chi connectivity index (χ2v) is 7.10. The van der Waals surface area contributed by atoms with Gasteiger partial charge in [-0.05, 0) is 55.0 Å². The second kappa shape index (κ2) is 8.96. The predicted octanol–water partition coefficient (Wildman–Crippen LogP) is 4.71. The van der Waals surface area contributed by atoms with Gasteiger partial charge in [-0.3, -0.25) is 0 Å². The number of benzene rings is 2. The molecule has 0 spiro atoms. The van der Waals surface area contributed by atoms with Crippen LogP contribution in [0.1, 0.15) is 6.42 Å². The first-order valence-corrected chi connectivity index (χ1v) is 9.58. The molecule has 1 heterocycles. The van der Waals surface area contributed by atoms with Gasteiger partial charge in [0.15, 0.2) is 11.0 Å². The molecular formula is C19H20ClN3O2S. The lowest BCUT2D eigenvalue weighted by atomic mass is 10.2. The fourth-order valence-corrected chi connectivity index (χ4v) is 3.32. The van der Waals surface area contributed by atoms with E-state index in [0.29, 0.717) is 11.6 Å². The Balaban J connectivity index is 1.47. The molecule has 0 fully saturated rings. The predicted molar refractivity (Wildman–Crippen MR) is 105 cm³/mol. The third-order valence-electron chi connectivity index (χ3n) is 3.79. The standard InChI is InChI=1S/C19H20ClN3O2S/c1-23-18(14-4-6-15(20)7-5-14)21-22-19(23)26-13-3-12-25-17-10-8-16(24-2)9-11-17/h4-11H,3,12-13H2,1-2H3. The van der Waals surface area contributed by atoms with Crippen molar-refractivity contribution in [2.24, 2.45) is 7.05 Å². The van der Waals surface area contributed by atoms with Crippen LogP contribution < -0.4 is 9.47 Å². The number of nitrogens with zero attached hydrogens (tertiary/aromatic N) is 3. The van der Waals surface area contributed by atoms with E-state index in [1.807, 2.05) is 60.1 Å². The fraction of sp³-hybridized carbons (Fsp3) is 0.263. The molecule has 136 valence electrons. The molecular weight excluding hydrogens is 370 g/mol. The van der Waals surface area contributed by atoms with Crippen molar-refractivity contribution < 1.29 is 9.47 Å². The Morgan fingerprint density at radius 2 is 1.69 bits per heavy atom. The first-order valence-electron chi connectivity index (χ1n) is 8.22. The normalized spacial score (nSPS) is 10.7. The van der Waals surface area contributed by atoms with Crippen LogP contribution in [0.5, 0.6) is 11.5 Å². The highest BCUT2D eigenvalue weighted by Crippen LogP contribution is 2.24. The number of ether oxygens (including phenoxy) is 2. The summed E-state index contributed by atoms with van der Waals surface area (Å²) < 4.78 is 12.9. The molecule has 0 amide bonds. The highest BCUT2D eigenvalue weighted by molar-refractivity contribution is 7.99. The van der Waals surface area contributed by atoms with Gasteiger partial charge in [-0.1, -0.05) is 23.4 Å². The Morgan fingerprint density at radius 1 is 1.00 bits per heavy atom. The molecule has 0 bridgehead atoms. The van der Waals surface area contributed by atoms with Gasteiger partial charge in [0.1, 0.15) is 11.5 Å². The summed E-state index contributed by atoms with van der Waals surface area (Å²) in [6.07, 6.45) is 0.917. The SMILES string of the molecule is COc1ccc(OCCCSc2nnc(-c3ccc(Cl)cc3)n2C)cc1. The summed E-state index contributed by atoms with van der Waals surface area (Å²) in [5.74, 6) is 3.41. The lowest BCUT2D eigenvalue weighted by Gasteiger charge is -2.07. The second-order valence-electron chi connectivity index (χ2n) is 5.60. The van der Waals surface area contributed by atoms with Gasteiger partial charge in [0.05, 0.1) is 13.7 Å². The van der Waals surface area contributed by atoms with E-state index in [9.17, 15) is 0 Å². The van der Waals surface area contributed by atoms with Crippen LogP contribution in [0.15, 0.2) is 53.7 Å². The van der Waals surface area contributed by atoms with Crippen LogP contribution in [0.25, 0.3) is 11.4 Å². The van der Waals surface area contributed by atoms with Crippen molar-refractivity contribution >= 4 is 23.4 Å². The number of methoxy groups -OCH3 is 1. The first-order chi connectivity index (χ1) is 12.7. The van der Waals surface area contributed by atoms with E-state index < -0.39 is 0 Å². The summed E-state index contributed by atoms with van der Waals surface area (Å²) in [6.45, 7) is 0.654. The van der Waals surface area contributed by atoms with E-state index in [0.717, 1.165) is 40.2 Å². The minimum Gasteiger partial charge on any atom is -0.497 e. The Labute approximate surface area is 162 Å². The zero-order chi connectivity index (χ0) is 18.4. The Morgan fingerprint density at radius 3 is 2.38 bits per heavy atom. The maximum atomic E-state index is 5.94. The quantitative estimate of drug-likeness (QED) is 0.412. The number of rotatable bonds is 8. The number of thioether (sulfide) groups is 1. The van der Waals surface area contributed by atoms with E-state index in [-0.39, 0.29) is 0 Å². The molecule has 0 radical (unpaired) electrons. The Hall–Kier alpha value is -2.18. The largest absolute Gasteiger partial charge is 0.497 e. The maximum Gasteiger partial charge on any atom is 0.191 e. The molecule has 0 aliphatic carbocycles. The van der Waals surface area contributed by atoms with Crippen molar-refractivity contribution in [3.8, 4) is 22.9 Å². The van der Waals surface area contributed by atoms with Crippen molar-refractivity contribution in [1.82, 2.24) is 14.8 Å². The number of hydrogen-bond acceptors (Lipinski definition) is 5. The van der Waals surface area contributed by atoms with Gasteiger partial charge in [-0.2, -0.15) is 0 Å². The highest BCUT2D eigenvalue weighted by atomic mass is 35.5. The van der Waals surface area contributed by atoms with E-state index in [4.69, 9.17) is 21.1 Å². The van der Waals surface area contributed by atoms with E-state index in [2.05, 4.69) is 10.2 Å². The van der Waals surface area contributed by atoms with Gasteiger partial charge < -0.3 is 14.0 Å². The summed E-state index contributed by atoms with van der Waals surface area (Å²) in [7, 11) is 3.62. The molecule has 26 heavy (non-hydrogen) atoms. The minimum absolute atomic E-state index is 0.654. The van der Waals surface area contributed by atoms with Gasteiger partial charge in [0.2, 0.25) is 0 Å². The molecule has 2 aromatic carbocycles. The summed E-state index contributed by atoms with van der Waals surface area (Å²) in [5, 5.41) is 10.2. The van der Waals surface area contributed by atoms with Crippen molar-refractivity contribution in [3.63, 3.8) is 0 Å². The lowest BCUT2D eigenvalue weighted by Crippen LogP contribution is -2.00. The number of hydrogen-bond donors (Lipinski definition) is 0. The average Bonchev–Trinajstić information content (AvgIpc) is 3.03. The van der Waals surface area contributed by atoms with Gasteiger partial charge in [0.25, 0.3) is 0 Å². The van der Waals surface area contributed by atoms with Crippen molar-refractivity contribution in [1.29, 1.82) is 0 Å². The molecule has 0 atom stereocenters. The molecule has 1 aromatic heterocycles. The number of aromatic nitrogens is 3. The van der Waals surface area contributed by atoms with Crippen molar-refractivity contribution in [2.75, 3.05) is 19.5 Å². The van der Waals surface area contributed by atoms with Crippen LogP contribution in [-0.4, -0.2) is 34.2 Å². The maximum absolute atomic E-state index is 5.94. The van der Waals surface area contributed by atoms with Gasteiger partial charge in [-0.25, -0.2) is 0 Å². The zero-order valence-electron chi connectivity index (χ0n) is 14.7. The van der Waals surface area contributed by atoms with Crippen LogP contribution >= 0.6 is 23.4 Å². The lowest BCUT2D eigenvalue weighted by molar-refractivity contribution is 0.318. The molecule has 0 N–H and O–H groups in total. The van der Waals surface area contributed by atoms with Crippen LogP contribution in [0.3, 0.4) is 0 Å². The molecule has 7 heteroatoms. The molecule has 3 aromatic rings. The van der Waals surface area contributed by atoms with Crippen LogP contribution in [0.2, 0.25) is 5.02 Å². The van der Waals surface area contributed by atoms with Gasteiger partial charge in [-0.15, -0.1) is 10.2 Å². The molecule has 0 saturated heterocycles. The third-order valence-corrected chi connectivity index (χ3v) is 5.14. The van der Waals surface area contributed by atoms with E-state index >= 15 is 0 Å². The summed E-state index contributed by atoms with van der Waals surface area (Å²) in [6, 6.07) is 15.2. The van der Waals surface area contributed by atoms with Crippen LogP contribution in [0.4, 0.5) is 0 Å². The van der Waals surface area contributed by atoms with Gasteiger partial charge in [0, 0.05) is 23.4 Å². The van der Waals surface area contributed by atoms with Crippen molar-refractivity contribution in [2.45, 2.75) is 11.6 Å². The molecule has 0 unspecified atom stereocenters. The van der Waals surface area contributed by atoms with Gasteiger partial charge >= 0.3 is 0 Å². The summed E-state index contributed by atoms with van der Waals surface area (Å²) >= 11 is 7.61. The molecule has 0 aliphatic rings. The molecule has 0 aliphatic heterocycles. The van der Waals surface area contributed by atoms with Crippen molar-refractivity contribution in [3.05, 3.63) is 53.6 Å². The molecule has 0 saturated carbocycles. The number of halogens is 1. The van der Waals surface area contributed by atoms with E-state index in [1.54, 1.807) is 18.9 Å².